The minimum atomic E-state index is 0. The molecule has 5 heteroatoms. The Hall–Kier alpha value is -0.0400. The van der Waals surface area contributed by atoms with E-state index in [2.05, 4.69) is 34.1 Å². The number of nitrogens with zero attached hydrogens (tertiary/aromatic N) is 3. The van der Waals surface area contributed by atoms with E-state index in [4.69, 9.17) is 0 Å². The second kappa shape index (κ2) is 9.07. The zero-order chi connectivity index (χ0) is 13.7. The van der Waals surface area contributed by atoms with Crippen molar-refractivity contribution in [1.82, 2.24) is 15.1 Å². The van der Waals surface area contributed by atoms with Crippen molar-refractivity contribution < 1.29 is 0 Å². The van der Waals surface area contributed by atoms with Crippen molar-refractivity contribution in [3.8, 4) is 0 Å². The summed E-state index contributed by atoms with van der Waals surface area (Å²) in [6, 6.07) is 0.706. The van der Waals surface area contributed by atoms with Gasteiger partial charge in [-0.15, -0.1) is 24.0 Å². The first kappa shape index (κ1) is 18.0. The zero-order valence-corrected chi connectivity index (χ0v) is 15.6. The first-order valence-corrected chi connectivity index (χ1v) is 7.90. The van der Waals surface area contributed by atoms with Crippen molar-refractivity contribution >= 4 is 29.9 Å². The molecule has 1 saturated carbocycles. The van der Waals surface area contributed by atoms with E-state index < -0.39 is 0 Å². The number of likely N-dealkylation sites (N-methyl/N-ethyl adjacent to an activating group) is 2. The molecule has 2 fully saturated rings. The Bertz CT molecular complexity index is 304. The molecule has 0 aromatic carbocycles. The molecule has 1 unspecified atom stereocenters. The molecule has 2 rings (SSSR count). The summed E-state index contributed by atoms with van der Waals surface area (Å²) >= 11 is 0. The van der Waals surface area contributed by atoms with Crippen LogP contribution in [0.25, 0.3) is 0 Å². The van der Waals surface area contributed by atoms with Gasteiger partial charge in [-0.1, -0.05) is 19.8 Å². The Morgan fingerprint density at radius 1 is 1.35 bits per heavy atom. The number of likely N-dealkylation sites (tertiary alicyclic amines) is 1. The number of hydrogen-bond donors (Lipinski definition) is 1. The Balaban J connectivity index is 0.00000200. The van der Waals surface area contributed by atoms with Gasteiger partial charge in [0.25, 0.3) is 0 Å². The van der Waals surface area contributed by atoms with Gasteiger partial charge in [-0.3, -0.25) is 9.89 Å². The van der Waals surface area contributed by atoms with Gasteiger partial charge in [0.1, 0.15) is 0 Å². The Labute approximate surface area is 141 Å². The van der Waals surface area contributed by atoms with Crippen LogP contribution in [0.5, 0.6) is 0 Å². The van der Waals surface area contributed by atoms with Gasteiger partial charge in [-0.2, -0.15) is 0 Å². The van der Waals surface area contributed by atoms with Gasteiger partial charge < -0.3 is 10.2 Å². The summed E-state index contributed by atoms with van der Waals surface area (Å²) in [5.41, 5.74) is 0. The van der Waals surface area contributed by atoms with E-state index in [0.29, 0.717) is 6.04 Å². The smallest absolute Gasteiger partial charge is 0.193 e. The average Bonchev–Trinajstić information content (AvgIpc) is 3.13. The van der Waals surface area contributed by atoms with Crippen LogP contribution in [0, 0.1) is 5.92 Å². The summed E-state index contributed by atoms with van der Waals surface area (Å²) in [4.78, 5) is 9.30. The third-order valence-electron chi connectivity index (χ3n) is 4.50. The maximum atomic E-state index is 4.41. The number of guanidine groups is 1. The quantitative estimate of drug-likeness (QED) is 0.427. The van der Waals surface area contributed by atoms with E-state index in [0.717, 1.165) is 25.0 Å². The molecular formula is C15H31IN4. The molecule has 2 aliphatic rings. The molecule has 0 amide bonds. The van der Waals surface area contributed by atoms with Gasteiger partial charge in [0.2, 0.25) is 0 Å². The van der Waals surface area contributed by atoms with E-state index in [1.807, 2.05) is 7.05 Å². The lowest BCUT2D eigenvalue weighted by Gasteiger charge is -2.29. The van der Waals surface area contributed by atoms with E-state index in [1.165, 1.54) is 45.2 Å². The Morgan fingerprint density at radius 2 is 2.10 bits per heavy atom. The second-order valence-electron chi connectivity index (χ2n) is 6.01. The summed E-state index contributed by atoms with van der Waals surface area (Å²) in [5, 5.41) is 3.50. The molecular weight excluding hydrogens is 363 g/mol. The lowest BCUT2D eigenvalue weighted by molar-refractivity contribution is 0.232. The molecule has 0 aromatic heterocycles. The fourth-order valence-electron chi connectivity index (χ4n) is 3.10. The normalized spacial score (nSPS) is 23.6. The van der Waals surface area contributed by atoms with Crippen LogP contribution in [-0.4, -0.2) is 62.1 Å². The average molecular weight is 394 g/mol. The molecule has 1 saturated heterocycles. The van der Waals surface area contributed by atoms with Crippen molar-refractivity contribution in [2.75, 3.05) is 40.3 Å². The summed E-state index contributed by atoms with van der Waals surface area (Å²) in [6.07, 6.45) is 6.85. The predicted octanol–water partition coefficient (Wildman–Crippen LogP) is 2.40. The number of nitrogens with one attached hydrogen (secondary N) is 1. The van der Waals surface area contributed by atoms with Crippen LogP contribution in [0.2, 0.25) is 0 Å². The minimum absolute atomic E-state index is 0. The van der Waals surface area contributed by atoms with Gasteiger partial charge >= 0.3 is 0 Å². The summed E-state index contributed by atoms with van der Waals surface area (Å²) in [7, 11) is 4.06. The SMILES string of the molecule is CCN1CCCC1CN(C)C(=NC)NCCC1CC1.I. The highest BCUT2D eigenvalue weighted by molar-refractivity contribution is 14.0. The molecule has 0 aromatic rings. The van der Waals surface area contributed by atoms with Gasteiger partial charge in [-0.05, 0) is 38.3 Å². The van der Waals surface area contributed by atoms with Crippen LogP contribution in [0.4, 0.5) is 0 Å². The lowest BCUT2D eigenvalue weighted by atomic mass is 10.2. The third kappa shape index (κ3) is 5.39. The summed E-state index contributed by atoms with van der Waals surface area (Å²) in [6.45, 7) is 6.87. The standard InChI is InChI=1S/C15H30N4.HI/c1-4-19-11-5-6-14(19)12-18(3)15(16-2)17-10-9-13-7-8-13;/h13-14H,4-12H2,1-3H3,(H,16,17);1H. The summed E-state index contributed by atoms with van der Waals surface area (Å²) < 4.78 is 0. The molecule has 1 heterocycles. The van der Waals surface area contributed by atoms with Crippen molar-refractivity contribution in [2.45, 2.75) is 45.1 Å². The van der Waals surface area contributed by atoms with Crippen LogP contribution in [-0.2, 0) is 0 Å². The van der Waals surface area contributed by atoms with Crippen LogP contribution >= 0.6 is 24.0 Å². The highest BCUT2D eigenvalue weighted by atomic mass is 127. The van der Waals surface area contributed by atoms with Crippen LogP contribution in [0.1, 0.15) is 39.0 Å². The van der Waals surface area contributed by atoms with Gasteiger partial charge in [0, 0.05) is 33.2 Å². The number of aliphatic imine (C=N–C) groups is 1. The fraction of sp³-hybridized carbons (Fsp3) is 0.933. The topological polar surface area (TPSA) is 30.9 Å². The van der Waals surface area contributed by atoms with Gasteiger partial charge in [0.05, 0.1) is 0 Å². The first-order valence-electron chi connectivity index (χ1n) is 7.90. The molecule has 118 valence electrons. The molecule has 4 nitrogen and oxygen atoms in total. The van der Waals surface area contributed by atoms with Gasteiger partial charge in [0.15, 0.2) is 5.96 Å². The van der Waals surface area contributed by atoms with Crippen LogP contribution in [0.15, 0.2) is 4.99 Å². The zero-order valence-electron chi connectivity index (χ0n) is 13.3. The molecule has 20 heavy (non-hydrogen) atoms. The summed E-state index contributed by atoms with van der Waals surface area (Å²) in [5.74, 6) is 2.05. The monoisotopic (exact) mass is 394 g/mol. The largest absolute Gasteiger partial charge is 0.356 e. The maximum absolute atomic E-state index is 4.41. The molecule has 1 N–H and O–H groups in total. The Kier molecular flexibility index (Phi) is 8.17. The van der Waals surface area contributed by atoms with E-state index in [-0.39, 0.29) is 24.0 Å². The molecule has 0 spiro atoms. The van der Waals surface area contributed by atoms with Crippen LogP contribution < -0.4 is 5.32 Å². The number of hydrogen-bond acceptors (Lipinski definition) is 2. The highest BCUT2D eigenvalue weighted by Gasteiger charge is 2.25. The number of halogens is 1. The van der Waals surface area contributed by atoms with Crippen molar-refractivity contribution in [3.05, 3.63) is 0 Å². The molecule has 0 radical (unpaired) electrons. The van der Waals surface area contributed by atoms with E-state index in [9.17, 15) is 0 Å². The van der Waals surface area contributed by atoms with Crippen LogP contribution in [0.3, 0.4) is 0 Å². The second-order valence-corrected chi connectivity index (χ2v) is 6.01. The lowest BCUT2D eigenvalue weighted by Crippen LogP contribution is -2.46. The fourth-order valence-corrected chi connectivity index (χ4v) is 3.10. The number of rotatable bonds is 6. The molecule has 1 aliphatic carbocycles. The van der Waals surface area contributed by atoms with Gasteiger partial charge in [-0.25, -0.2) is 0 Å². The predicted molar refractivity (Wildman–Crippen MR) is 97.0 cm³/mol. The molecule has 1 aliphatic heterocycles. The molecule has 1 atom stereocenters. The van der Waals surface area contributed by atoms with Crippen molar-refractivity contribution in [3.63, 3.8) is 0 Å². The maximum Gasteiger partial charge on any atom is 0.193 e. The van der Waals surface area contributed by atoms with E-state index >= 15 is 0 Å². The van der Waals surface area contributed by atoms with E-state index in [1.54, 1.807) is 0 Å². The molecule has 0 bridgehead atoms. The Morgan fingerprint density at radius 3 is 2.70 bits per heavy atom. The third-order valence-corrected chi connectivity index (χ3v) is 4.50. The van der Waals surface area contributed by atoms with Crippen molar-refractivity contribution in [2.24, 2.45) is 10.9 Å². The minimum Gasteiger partial charge on any atom is -0.356 e. The first-order chi connectivity index (χ1) is 9.24. The van der Waals surface area contributed by atoms with Crippen molar-refractivity contribution in [1.29, 1.82) is 0 Å². The highest BCUT2D eigenvalue weighted by Crippen LogP contribution is 2.31.